The molecule has 1 saturated heterocycles. The van der Waals surface area contributed by atoms with Crippen molar-refractivity contribution in [3.8, 4) is 0 Å². The van der Waals surface area contributed by atoms with E-state index >= 15 is 0 Å². The molecule has 1 heterocycles. The van der Waals surface area contributed by atoms with E-state index in [4.69, 9.17) is 0 Å². The summed E-state index contributed by atoms with van der Waals surface area (Å²) in [5.41, 5.74) is 0. The van der Waals surface area contributed by atoms with Crippen LogP contribution in [0.2, 0.25) is 0 Å². The number of hydrogen-bond acceptors (Lipinski definition) is 0. The molecular formula is C8H18S. The summed E-state index contributed by atoms with van der Waals surface area (Å²) >= 11 is 0. The van der Waals surface area contributed by atoms with Gasteiger partial charge < -0.3 is 0 Å². The van der Waals surface area contributed by atoms with Crippen molar-refractivity contribution in [1.29, 1.82) is 0 Å². The summed E-state index contributed by atoms with van der Waals surface area (Å²) in [5.74, 6) is 1.56. The smallest absolute Gasteiger partial charge is 0.00378 e. The molecule has 0 aromatic heterocycles. The molecule has 2 atom stereocenters. The van der Waals surface area contributed by atoms with Gasteiger partial charge in [0.05, 0.1) is 0 Å². The fourth-order valence-corrected chi connectivity index (χ4v) is 4.96. The van der Waals surface area contributed by atoms with Crippen LogP contribution in [0.4, 0.5) is 0 Å². The minimum atomic E-state index is -0.0816. The van der Waals surface area contributed by atoms with Gasteiger partial charge in [0.25, 0.3) is 0 Å². The van der Waals surface area contributed by atoms with Crippen molar-refractivity contribution in [3.05, 3.63) is 0 Å². The number of rotatable bonds is 2. The molecule has 0 amide bonds. The summed E-state index contributed by atoms with van der Waals surface area (Å²) in [6.07, 6.45) is 3.93. The third-order valence-corrected chi connectivity index (χ3v) is 7.59. The second kappa shape index (κ2) is 2.19. The molecular weight excluding hydrogens is 128 g/mol. The zero-order valence-electron chi connectivity index (χ0n) is 6.98. The van der Waals surface area contributed by atoms with Gasteiger partial charge >= 0.3 is 0 Å². The van der Waals surface area contributed by atoms with Crippen LogP contribution in [-0.4, -0.2) is 22.5 Å². The van der Waals surface area contributed by atoms with Gasteiger partial charge in [-0.05, 0) is 28.9 Å². The molecule has 0 bridgehead atoms. The van der Waals surface area contributed by atoms with E-state index in [9.17, 15) is 0 Å². The summed E-state index contributed by atoms with van der Waals surface area (Å²) in [5, 5.41) is 2.10. The molecule has 0 aliphatic carbocycles. The molecule has 0 nitrogen and oxygen atoms in total. The summed E-state index contributed by atoms with van der Waals surface area (Å²) in [4.78, 5) is 0. The maximum atomic E-state index is 2.51. The summed E-state index contributed by atoms with van der Waals surface area (Å²) in [7, 11) is -0.0816. The van der Waals surface area contributed by atoms with Crippen LogP contribution in [0.1, 0.15) is 27.2 Å². The van der Waals surface area contributed by atoms with Gasteiger partial charge in [-0.15, -0.1) is 0 Å². The van der Waals surface area contributed by atoms with Crippen LogP contribution in [0.15, 0.2) is 0 Å². The van der Waals surface area contributed by atoms with Gasteiger partial charge in [0.1, 0.15) is 0 Å². The van der Waals surface area contributed by atoms with Gasteiger partial charge in [0.2, 0.25) is 0 Å². The standard InChI is InChI=1S/C8H18S/c1-5-8-6-9(8,4)7(2)3/h7-8H,5-6H2,1-4H3. The van der Waals surface area contributed by atoms with Crippen molar-refractivity contribution in [2.75, 3.05) is 12.0 Å². The van der Waals surface area contributed by atoms with E-state index in [1.54, 1.807) is 5.75 Å². The number of hydrogen-bond donors (Lipinski definition) is 0. The Kier molecular flexibility index (Phi) is 1.81. The first-order valence-corrected chi connectivity index (χ1v) is 6.18. The molecule has 9 heavy (non-hydrogen) atoms. The second-order valence-corrected chi connectivity index (χ2v) is 7.88. The first-order chi connectivity index (χ1) is 4.11. The van der Waals surface area contributed by atoms with E-state index in [1.807, 2.05) is 0 Å². The lowest BCUT2D eigenvalue weighted by molar-refractivity contribution is 0.973. The minimum absolute atomic E-state index is 0.0816. The van der Waals surface area contributed by atoms with Gasteiger partial charge in [-0.2, -0.15) is 0 Å². The Morgan fingerprint density at radius 3 is 2.22 bits per heavy atom. The zero-order chi connectivity index (χ0) is 7.07. The molecule has 2 unspecified atom stereocenters. The predicted molar refractivity (Wildman–Crippen MR) is 47.6 cm³/mol. The maximum Gasteiger partial charge on any atom is -0.00378 e. The van der Waals surface area contributed by atoms with Crippen LogP contribution in [0, 0.1) is 0 Å². The van der Waals surface area contributed by atoms with E-state index in [1.165, 1.54) is 6.42 Å². The molecule has 0 spiro atoms. The topological polar surface area (TPSA) is 0 Å². The SMILES string of the molecule is CCC1CS1(C)C(C)C. The fraction of sp³-hybridized carbons (Fsp3) is 1.00. The molecule has 0 aromatic rings. The largest absolute Gasteiger partial charge is 0.237 e. The highest BCUT2D eigenvalue weighted by atomic mass is 32.3. The Morgan fingerprint density at radius 1 is 1.56 bits per heavy atom. The Balaban J connectivity index is 2.42. The van der Waals surface area contributed by atoms with Gasteiger partial charge in [-0.25, -0.2) is 10.0 Å². The molecule has 0 N–H and O–H groups in total. The highest BCUT2D eigenvalue weighted by molar-refractivity contribution is 8.39. The Hall–Kier alpha value is 0.350. The Bertz CT molecular complexity index is 109. The molecule has 56 valence electrons. The first-order valence-electron chi connectivity index (χ1n) is 3.85. The maximum absolute atomic E-state index is 2.51. The minimum Gasteiger partial charge on any atom is -0.237 e. The highest BCUT2D eigenvalue weighted by Gasteiger charge is 2.45. The quantitative estimate of drug-likeness (QED) is 0.525. The lowest BCUT2D eigenvalue weighted by Crippen LogP contribution is -1.98. The molecule has 1 aliphatic heterocycles. The average Bonchev–Trinajstić information content (AvgIpc) is 2.44. The van der Waals surface area contributed by atoms with Crippen LogP contribution < -0.4 is 0 Å². The first kappa shape index (κ1) is 7.46. The zero-order valence-corrected chi connectivity index (χ0v) is 7.79. The van der Waals surface area contributed by atoms with Crippen molar-refractivity contribution >= 4 is 10.0 Å². The van der Waals surface area contributed by atoms with Gasteiger partial charge in [-0.3, -0.25) is 0 Å². The van der Waals surface area contributed by atoms with E-state index in [2.05, 4.69) is 27.0 Å². The third kappa shape index (κ3) is 1.12. The summed E-state index contributed by atoms with van der Waals surface area (Å²) in [6.45, 7) is 7.08. The van der Waals surface area contributed by atoms with Gasteiger partial charge in [-0.1, -0.05) is 20.8 Å². The summed E-state index contributed by atoms with van der Waals surface area (Å²) < 4.78 is 0. The lowest BCUT2D eigenvalue weighted by atomic mass is 10.4. The molecule has 1 fully saturated rings. The van der Waals surface area contributed by atoms with Crippen LogP contribution >= 0.6 is 10.0 Å². The molecule has 1 heteroatoms. The van der Waals surface area contributed by atoms with E-state index in [-0.39, 0.29) is 10.0 Å². The van der Waals surface area contributed by atoms with Gasteiger partial charge in [0.15, 0.2) is 0 Å². The van der Waals surface area contributed by atoms with E-state index in [0.29, 0.717) is 0 Å². The lowest BCUT2D eigenvalue weighted by Gasteiger charge is -2.20. The molecule has 0 radical (unpaired) electrons. The van der Waals surface area contributed by atoms with Crippen molar-refractivity contribution in [2.24, 2.45) is 0 Å². The normalized spacial score (nSPS) is 48.8. The van der Waals surface area contributed by atoms with Crippen molar-refractivity contribution in [1.82, 2.24) is 0 Å². The van der Waals surface area contributed by atoms with Crippen LogP contribution in [0.5, 0.6) is 0 Å². The fourth-order valence-electron chi connectivity index (χ4n) is 1.44. The van der Waals surface area contributed by atoms with Crippen molar-refractivity contribution < 1.29 is 0 Å². The van der Waals surface area contributed by atoms with Gasteiger partial charge in [0, 0.05) is 0 Å². The van der Waals surface area contributed by atoms with E-state index < -0.39 is 0 Å². The van der Waals surface area contributed by atoms with Crippen LogP contribution in [0.25, 0.3) is 0 Å². The third-order valence-electron chi connectivity index (χ3n) is 2.72. The summed E-state index contributed by atoms with van der Waals surface area (Å²) in [6, 6.07) is 0. The highest BCUT2D eigenvalue weighted by Crippen LogP contribution is 2.69. The Labute approximate surface area is 60.3 Å². The average molecular weight is 146 g/mol. The second-order valence-electron chi connectivity index (χ2n) is 3.48. The van der Waals surface area contributed by atoms with Crippen LogP contribution in [-0.2, 0) is 0 Å². The molecule has 1 rings (SSSR count). The Morgan fingerprint density at radius 2 is 2.11 bits per heavy atom. The van der Waals surface area contributed by atoms with Crippen LogP contribution in [0.3, 0.4) is 0 Å². The molecule has 1 aliphatic rings. The molecule has 0 aromatic carbocycles. The van der Waals surface area contributed by atoms with Crippen molar-refractivity contribution in [3.63, 3.8) is 0 Å². The molecule has 0 saturated carbocycles. The monoisotopic (exact) mass is 146 g/mol. The predicted octanol–water partition coefficient (Wildman–Crippen LogP) is 2.62. The van der Waals surface area contributed by atoms with Crippen molar-refractivity contribution in [2.45, 2.75) is 37.7 Å². The van der Waals surface area contributed by atoms with E-state index in [0.717, 1.165) is 10.5 Å².